The molecule has 3 rings (SSSR count). The molecule has 0 amide bonds. The highest BCUT2D eigenvalue weighted by Gasteiger charge is 2.43. The molecule has 5 atom stereocenters. The zero-order chi connectivity index (χ0) is 12.5. The summed E-state index contributed by atoms with van der Waals surface area (Å²) in [6.07, 6.45) is 15.4. The van der Waals surface area contributed by atoms with Crippen LogP contribution in [0.4, 0.5) is 0 Å². The van der Waals surface area contributed by atoms with E-state index in [1.165, 1.54) is 32.1 Å². The minimum atomic E-state index is 1.02. The molecule has 0 aromatic rings. The fraction of sp³-hybridized carbons (Fsp3) is 1.00. The molecular weight excluding hydrogens is 216 g/mol. The second kappa shape index (κ2) is 5.55. The molecule has 0 aromatic heterocycles. The second-order valence-electron chi connectivity index (χ2n) is 7.74. The van der Waals surface area contributed by atoms with Crippen LogP contribution in [0.25, 0.3) is 0 Å². The van der Waals surface area contributed by atoms with E-state index in [0.29, 0.717) is 0 Å². The van der Waals surface area contributed by atoms with Crippen molar-refractivity contribution in [2.45, 2.75) is 78.1 Å². The maximum atomic E-state index is 2.62. The fourth-order valence-corrected chi connectivity index (χ4v) is 6.02. The van der Waals surface area contributed by atoms with E-state index in [1.807, 2.05) is 0 Å². The van der Waals surface area contributed by atoms with Crippen LogP contribution in [-0.4, -0.2) is 0 Å². The number of rotatable bonds is 1. The van der Waals surface area contributed by atoms with Gasteiger partial charge in [-0.25, -0.2) is 0 Å². The van der Waals surface area contributed by atoms with Crippen molar-refractivity contribution in [1.82, 2.24) is 0 Å². The first kappa shape index (κ1) is 13.0. The summed E-state index contributed by atoms with van der Waals surface area (Å²) in [5.74, 6) is 6.42. The van der Waals surface area contributed by atoms with Crippen LogP contribution in [0, 0.1) is 35.5 Å². The van der Waals surface area contributed by atoms with Gasteiger partial charge in [0, 0.05) is 0 Å². The molecule has 3 aliphatic rings. The third kappa shape index (κ3) is 2.37. The van der Waals surface area contributed by atoms with Gasteiger partial charge in [-0.2, -0.15) is 0 Å². The summed E-state index contributed by atoms with van der Waals surface area (Å²) < 4.78 is 0. The Morgan fingerprint density at radius 2 is 1.33 bits per heavy atom. The van der Waals surface area contributed by atoms with Crippen molar-refractivity contribution in [3.63, 3.8) is 0 Å². The van der Waals surface area contributed by atoms with Gasteiger partial charge in [-0.15, -0.1) is 0 Å². The van der Waals surface area contributed by atoms with Gasteiger partial charge < -0.3 is 0 Å². The number of hydrogen-bond donors (Lipinski definition) is 0. The van der Waals surface area contributed by atoms with Crippen molar-refractivity contribution >= 4 is 0 Å². The lowest BCUT2D eigenvalue weighted by Gasteiger charge is -2.50. The Morgan fingerprint density at radius 1 is 0.611 bits per heavy atom. The molecule has 0 saturated heterocycles. The zero-order valence-corrected chi connectivity index (χ0v) is 12.5. The van der Waals surface area contributed by atoms with Crippen molar-refractivity contribution < 1.29 is 0 Å². The van der Waals surface area contributed by atoms with Gasteiger partial charge >= 0.3 is 0 Å². The zero-order valence-electron chi connectivity index (χ0n) is 12.5. The van der Waals surface area contributed by atoms with Crippen LogP contribution in [0.1, 0.15) is 78.1 Å². The normalized spacial score (nSPS) is 46.7. The van der Waals surface area contributed by atoms with E-state index in [0.717, 1.165) is 35.5 Å². The molecule has 3 fully saturated rings. The molecule has 0 spiro atoms. The quantitative estimate of drug-likeness (QED) is 0.561. The lowest BCUT2D eigenvalue weighted by molar-refractivity contribution is -0.00357. The Morgan fingerprint density at radius 3 is 2.11 bits per heavy atom. The summed E-state index contributed by atoms with van der Waals surface area (Å²) >= 11 is 0. The highest BCUT2D eigenvalue weighted by Crippen LogP contribution is 2.52. The molecule has 0 aliphatic heterocycles. The fourth-order valence-electron chi connectivity index (χ4n) is 6.02. The SMILES string of the molecule is CC1CCCC2CCC(C3CCCCC3)C(C)C12. The summed E-state index contributed by atoms with van der Waals surface area (Å²) in [5.41, 5.74) is 0. The molecule has 18 heavy (non-hydrogen) atoms. The lowest BCUT2D eigenvalue weighted by atomic mass is 9.55. The third-order valence-electron chi connectivity index (χ3n) is 6.84. The van der Waals surface area contributed by atoms with Gasteiger partial charge in [-0.3, -0.25) is 0 Å². The minimum absolute atomic E-state index is 1.02. The molecule has 3 aliphatic carbocycles. The van der Waals surface area contributed by atoms with Crippen LogP contribution in [-0.2, 0) is 0 Å². The first-order chi connectivity index (χ1) is 8.77. The molecule has 0 aromatic carbocycles. The van der Waals surface area contributed by atoms with Crippen LogP contribution in [0.5, 0.6) is 0 Å². The maximum Gasteiger partial charge on any atom is -0.0332 e. The van der Waals surface area contributed by atoms with Crippen LogP contribution < -0.4 is 0 Å². The maximum absolute atomic E-state index is 2.62. The van der Waals surface area contributed by atoms with Gasteiger partial charge in [0.2, 0.25) is 0 Å². The second-order valence-corrected chi connectivity index (χ2v) is 7.74. The average Bonchev–Trinajstić information content (AvgIpc) is 2.40. The highest BCUT2D eigenvalue weighted by atomic mass is 14.5. The molecular formula is C18H32. The molecule has 0 bridgehead atoms. The van der Waals surface area contributed by atoms with E-state index >= 15 is 0 Å². The third-order valence-corrected chi connectivity index (χ3v) is 6.84. The summed E-state index contributed by atoms with van der Waals surface area (Å²) in [6.45, 7) is 5.18. The van der Waals surface area contributed by atoms with Gasteiger partial charge in [-0.1, -0.05) is 65.2 Å². The monoisotopic (exact) mass is 248 g/mol. The molecule has 0 nitrogen and oxygen atoms in total. The summed E-state index contributed by atoms with van der Waals surface area (Å²) in [6, 6.07) is 0. The predicted octanol–water partition coefficient (Wildman–Crippen LogP) is 5.67. The standard InChI is InChI=1S/C18H32/c1-13-7-6-10-16-11-12-17(14(2)18(13)16)15-8-4-3-5-9-15/h13-18H,3-12H2,1-2H3. The van der Waals surface area contributed by atoms with Gasteiger partial charge in [0.15, 0.2) is 0 Å². The minimum Gasteiger partial charge on any atom is -0.0622 e. The smallest absolute Gasteiger partial charge is 0.0332 e. The first-order valence-corrected chi connectivity index (χ1v) is 8.77. The molecule has 0 N–H and O–H groups in total. The van der Waals surface area contributed by atoms with E-state index in [-0.39, 0.29) is 0 Å². The van der Waals surface area contributed by atoms with Crippen LogP contribution in [0.3, 0.4) is 0 Å². The van der Waals surface area contributed by atoms with Crippen molar-refractivity contribution in [2.24, 2.45) is 35.5 Å². The molecule has 0 heteroatoms. The van der Waals surface area contributed by atoms with Gasteiger partial charge in [0.1, 0.15) is 0 Å². The Hall–Kier alpha value is 0. The first-order valence-electron chi connectivity index (χ1n) is 8.77. The molecule has 104 valence electrons. The topological polar surface area (TPSA) is 0 Å². The number of fused-ring (bicyclic) bond motifs is 1. The summed E-state index contributed by atoms with van der Waals surface area (Å²) in [4.78, 5) is 0. The number of hydrogen-bond acceptors (Lipinski definition) is 0. The van der Waals surface area contributed by atoms with Crippen LogP contribution in [0.2, 0.25) is 0 Å². The summed E-state index contributed by atoms with van der Waals surface area (Å²) in [7, 11) is 0. The van der Waals surface area contributed by atoms with E-state index in [9.17, 15) is 0 Å². The van der Waals surface area contributed by atoms with Crippen molar-refractivity contribution in [1.29, 1.82) is 0 Å². The van der Waals surface area contributed by atoms with Crippen LogP contribution in [0.15, 0.2) is 0 Å². The van der Waals surface area contributed by atoms with Crippen molar-refractivity contribution in [3.05, 3.63) is 0 Å². The molecule has 5 unspecified atom stereocenters. The highest BCUT2D eigenvalue weighted by molar-refractivity contribution is 4.93. The van der Waals surface area contributed by atoms with Crippen LogP contribution >= 0.6 is 0 Å². The summed E-state index contributed by atoms with van der Waals surface area (Å²) in [5, 5.41) is 0. The Kier molecular flexibility index (Phi) is 4.01. The lowest BCUT2D eigenvalue weighted by Crippen LogP contribution is -2.42. The Balaban J connectivity index is 1.69. The Bertz CT molecular complexity index is 263. The average molecular weight is 248 g/mol. The largest absolute Gasteiger partial charge is 0.0622 e. The van der Waals surface area contributed by atoms with E-state index in [4.69, 9.17) is 0 Å². The predicted molar refractivity (Wildman–Crippen MR) is 78.5 cm³/mol. The van der Waals surface area contributed by atoms with E-state index in [2.05, 4.69) is 13.8 Å². The van der Waals surface area contributed by atoms with Gasteiger partial charge in [0.05, 0.1) is 0 Å². The van der Waals surface area contributed by atoms with E-state index < -0.39 is 0 Å². The van der Waals surface area contributed by atoms with Gasteiger partial charge in [-0.05, 0) is 48.3 Å². The molecule has 0 heterocycles. The van der Waals surface area contributed by atoms with Crippen molar-refractivity contribution in [2.75, 3.05) is 0 Å². The van der Waals surface area contributed by atoms with Crippen molar-refractivity contribution in [3.8, 4) is 0 Å². The molecule has 0 radical (unpaired) electrons. The van der Waals surface area contributed by atoms with E-state index in [1.54, 1.807) is 32.1 Å². The van der Waals surface area contributed by atoms with Gasteiger partial charge in [0.25, 0.3) is 0 Å². The Labute approximate surface area is 114 Å². The molecule has 3 saturated carbocycles.